The highest BCUT2D eigenvalue weighted by Gasteiger charge is 2.19. The van der Waals surface area contributed by atoms with Gasteiger partial charge in [-0.15, -0.1) is 11.3 Å². The molecule has 1 rings (SSSR count). The number of hydrogen-bond donors (Lipinski definition) is 1. The van der Waals surface area contributed by atoms with Crippen LogP contribution in [0.5, 0.6) is 0 Å². The Labute approximate surface area is 88.8 Å². The van der Waals surface area contributed by atoms with Crippen LogP contribution in [0.25, 0.3) is 0 Å². The van der Waals surface area contributed by atoms with E-state index >= 15 is 0 Å². The molecule has 0 radical (unpaired) electrons. The van der Waals surface area contributed by atoms with Crippen LogP contribution < -0.4 is 0 Å². The van der Waals surface area contributed by atoms with Gasteiger partial charge >= 0.3 is 0 Å². The van der Waals surface area contributed by atoms with Crippen molar-refractivity contribution in [1.82, 2.24) is 4.98 Å². The number of aromatic nitrogens is 1. The van der Waals surface area contributed by atoms with Gasteiger partial charge in [0.15, 0.2) is 0 Å². The third-order valence-corrected chi connectivity index (χ3v) is 2.97. The minimum Gasteiger partial charge on any atom is -0.387 e. The average molecular weight is 215 g/mol. The molecule has 80 valence electrons. The van der Waals surface area contributed by atoms with Crippen molar-refractivity contribution < 1.29 is 9.84 Å². The van der Waals surface area contributed by atoms with E-state index in [1.165, 1.54) is 11.3 Å². The first-order valence-corrected chi connectivity index (χ1v) is 5.61. The van der Waals surface area contributed by atoms with Gasteiger partial charge in [-0.25, -0.2) is 4.98 Å². The van der Waals surface area contributed by atoms with E-state index in [0.717, 1.165) is 12.1 Å². The Balaban J connectivity index is 2.39. The predicted octanol–water partition coefficient (Wildman–Crippen LogP) is 2.38. The molecule has 1 aromatic rings. The monoisotopic (exact) mass is 215 g/mol. The van der Waals surface area contributed by atoms with Gasteiger partial charge in [-0.1, -0.05) is 0 Å². The lowest BCUT2D eigenvalue weighted by Gasteiger charge is -2.23. The van der Waals surface area contributed by atoms with Crippen LogP contribution in [0.4, 0.5) is 0 Å². The third kappa shape index (κ3) is 3.36. The standard InChI is InChI=1S/C10H17NO2S/c1-10(2,13-3)5-4-9(12)8-6-14-7-11-8/h6-7,9,12H,4-5H2,1-3H3. The Morgan fingerprint density at radius 1 is 1.64 bits per heavy atom. The molecule has 0 aliphatic carbocycles. The summed E-state index contributed by atoms with van der Waals surface area (Å²) >= 11 is 1.50. The van der Waals surface area contributed by atoms with Crippen LogP contribution in [0.15, 0.2) is 10.9 Å². The van der Waals surface area contributed by atoms with Crippen molar-refractivity contribution >= 4 is 11.3 Å². The predicted molar refractivity (Wildman–Crippen MR) is 57.4 cm³/mol. The molecule has 0 amide bonds. The van der Waals surface area contributed by atoms with E-state index in [0.29, 0.717) is 6.42 Å². The van der Waals surface area contributed by atoms with Crippen molar-refractivity contribution in [3.63, 3.8) is 0 Å². The van der Waals surface area contributed by atoms with Gasteiger partial charge in [0, 0.05) is 12.5 Å². The molecule has 0 aliphatic rings. The van der Waals surface area contributed by atoms with Crippen molar-refractivity contribution in [2.45, 2.75) is 38.4 Å². The summed E-state index contributed by atoms with van der Waals surface area (Å²) in [4.78, 5) is 4.07. The molecule has 1 N–H and O–H groups in total. The lowest BCUT2D eigenvalue weighted by molar-refractivity contribution is 0.00247. The van der Waals surface area contributed by atoms with Crippen LogP contribution in [-0.4, -0.2) is 22.8 Å². The van der Waals surface area contributed by atoms with Gasteiger partial charge in [0.25, 0.3) is 0 Å². The second-order valence-corrected chi connectivity index (χ2v) is 4.65. The lowest BCUT2D eigenvalue weighted by Crippen LogP contribution is -2.23. The summed E-state index contributed by atoms with van der Waals surface area (Å²) in [5.41, 5.74) is 2.33. The Hall–Kier alpha value is -0.450. The molecule has 1 heterocycles. The zero-order valence-corrected chi connectivity index (χ0v) is 9.67. The minimum absolute atomic E-state index is 0.170. The molecule has 1 atom stereocenters. The summed E-state index contributed by atoms with van der Waals surface area (Å²) in [6, 6.07) is 0. The number of nitrogens with zero attached hydrogens (tertiary/aromatic N) is 1. The molecule has 1 unspecified atom stereocenters. The zero-order chi connectivity index (χ0) is 10.6. The first-order valence-electron chi connectivity index (χ1n) is 4.66. The maximum Gasteiger partial charge on any atom is 0.0969 e. The molecule has 0 saturated carbocycles. The lowest BCUT2D eigenvalue weighted by atomic mass is 9.99. The molecule has 0 aliphatic heterocycles. The first-order chi connectivity index (χ1) is 6.55. The SMILES string of the molecule is COC(C)(C)CCC(O)c1cscn1. The van der Waals surface area contributed by atoms with E-state index in [-0.39, 0.29) is 5.60 Å². The number of hydrogen-bond acceptors (Lipinski definition) is 4. The molecule has 14 heavy (non-hydrogen) atoms. The van der Waals surface area contributed by atoms with Gasteiger partial charge in [-0.05, 0) is 26.7 Å². The summed E-state index contributed by atoms with van der Waals surface area (Å²) in [5.74, 6) is 0. The molecular weight excluding hydrogens is 198 g/mol. The summed E-state index contributed by atoms with van der Waals surface area (Å²) in [6.45, 7) is 4.03. The number of rotatable bonds is 5. The van der Waals surface area contributed by atoms with Gasteiger partial charge in [0.05, 0.1) is 22.9 Å². The summed E-state index contributed by atoms with van der Waals surface area (Å²) in [7, 11) is 1.69. The minimum atomic E-state index is -0.462. The quantitative estimate of drug-likeness (QED) is 0.820. The highest BCUT2D eigenvalue weighted by Crippen LogP contribution is 2.23. The number of thiazole rings is 1. The molecule has 0 bridgehead atoms. The smallest absolute Gasteiger partial charge is 0.0969 e. The molecule has 1 aromatic heterocycles. The fourth-order valence-electron chi connectivity index (χ4n) is 1.12. The van der Waals surface area contributed by atoms with E-state index in [9.17, 15) is 5.11 Å². The van der Waals surface area contributed by atoms with Crippen LogP contribution in [0.2, 0.25) is 0 Å². The van der Waals surface area contributed by atoms with Crippen LogP contribution in [0.1, 0.15) is 38.5 Å². The zero-order valence-electron chi connectivity index (χ0n) is 8.86. The normalized spacial score (nSPS) is 14.3. The van der Waals surface area contributed by atoms with E-state index < -0.39 is 6.10 Å². The molecule has 0 aromatic carbocycles. The van der Waals surface area contributed by atoms with Gasteiger partial charge in [0.2, 0.25) is 0 Å². The van der Waals surface area contributed by atoms with E-state index in [2.05, 4.69) is 4.98 Å². The maximum absolute atomic E-state index is 9.76. The largest absolute Gasteiger partial charge is 0.387 e. The molecule has 0 saturated heterocycles. The summed E-state index contributed by atoms with van der Waals surface area (Å²) in [6.07, 6.45) is 1.04. The van der Waals surface area contributed by atoms with E-state index in [1.54, 1.807) is 12.6 Å². The molecule has 4 heteroatoms. The maximum atomic E-state index is 9.76. The van der Waals surface area contributed by atoms with Crippen LogP contribution in [-0.2, 0) is 4.74 Å². The first kappa shape index (κ1) is 11.6. The van der Waals surface area contributed by atoms with Gasteiger partial charge < -0.3 is 9.84 Å². The topological polar surface area (TPSA) is 42.4 Å². The van der Waals surface area contributed by atoms with Crippen molar-refractivity contribution in [2.75, 3.05) is 7.11 Å². The highest BCUT2D eigenvalue weighted by molar-refractivity contribution is 7.07. The fraction of sp³-hybridized carbons (Fsp3) is 0.700. The van der Waals surface area contributed by atoms with Crippen LogP contribution in [0, 0.1) is 0 Å². The second-order valence-electron chi connectivity index (χ2n) is 3.93. The highest BCUT2D eigenvalue weighted by atomic mass is 32.1. The van der Waals surface area contributed by atoms with Crippen LogP contribution >= 0.6 is 11.3 Å². The van der Waals surface area contributed by atoms with E-state index in [4.69, 9.17) is 4.74 Å². The second kappa shape index (κ2) is 4.87. The average Bonchev–Trinajstić information content (AvgIpc) is 2.67. The summed E-state index contributed by atoms with van der Waals surface area (Å²) in [5, 5.41) is 11.6. The molecule has 3 nitrogen and oxygen atoms in total. The van der Waals surface area contributed by atoms with Gasteiger partial charge in [-0.2, -0.15) is 0 Å². The molecule has 0 spiro atoms. The van der Waals surface area contributed by atoms with Crippen molar-refractivity contribution in [2.24, 2.45) is 0 Å². The number of aliphatic hydroxyl groups excluding tert-OH is 1. The number of ether oxygens (including phenoxy) is 1. The Morgan fingerprint density at radius 3 is 2.86 bits per heavy atom. The van der Waals surface area contributed by atoms with Crippen molar-refractivity contribution in [3.05, 3.63) is 16.6 Å². The Kier molecular flexibility index (Phi) is 4.04. The number of methoxy groups -OCH3 is 1. The van der Waals surface area contributed by atoms with Crippen LogP contribution in [0.3, 0.4) is 0 Å². The fourth-order valence-corrected chi connectivity index (χ4v) is 1.72. The van der Waals surface area contributed by atoms with Gasteiger partial charge in [-0.3, -0.25) is 0 Å². The molecular formula is C10H17NO2S. The Morgan fingerprint density at radius 2 is 2.36 bits per heavy atom. The van der Waals surface area contributed by atoms with Crippen molar-refractivity contribution in [3.8, 4) is 0 Å². The molecule has 0 fully saturated rings. The Bertz CT molecular complexity index is 259. The summed E-state index contributed by atoms with van der Waals surface area (Å²) < 4.78 is 5.28. The number of aliphatic hydroxyl groups is 1. The third-order valence-electron chi connectivity index (χ3n) is 2.37. The van der Waals surface area contributed by atoms with E-state index in [1.807, 2.05) is 19.2 Å². The van der Waals surface area contributed by atoms with Crippen molar-refractivity contribution in [1.29, 1.82) is 0 Å². The van der Waals surface area contributed by atoms with Gasteiger partial charge in [0.1, 0.15) is 0 Å².